The summed E-state index contributed by atoms with van der Waals surface area (Å²) < 4.78 is 10.5. The number of esters is 1. The SMILES string of the molecule is COc1cc(O)c2c(c1)CC(=O)/C=C/CC/C=C/C[C@@H](C)OC2=O. The maximum Gasteiger partial charge on any atom is 0.342 e. The Kier molecular flexibility index (Phi) is 6.18. The van der Waals surface area contributed by atoms with E-state index in [1.807, 2.05) is 18.2 Å². The van der Waals surface area contributed by atoms with Gasteiger partial charge in [-0.25, -0.2) is 4.79 Å². The predicted molar refractivity (Wildman–Crippen MR) is 90.4 cm³/mol. The third-order valence-electron chi connectivity index (χ3n) is 3.72. The summed E-state index contributed by atoms with van der Waals surface area (Å²) >= 11 is 0. The van der Waals surface area contributed by atoms with Crippen LogP contribution in [0.15, 0.2) is 36.4 Å². The summed E-state index contributed by atoms with van der Waals surface area (Å²) in [7, 11) is 1.46. The molecule has 0 saturated carbocycles. The molecular formula is C19H22O5. The number of hydrogen-bond donors (Lipinski definition) is 1. The summed E-state index contributed by atoms with van der Waals surface area (Å²) in [4.78, 5) is 24.6. The Morgan fingerprint density at radius 1 is 1.17 bits per heavy atom. The topological polar surface area (TPSA) is 72.8 Å². The first-order chi connectivity index (χ1) is 11.5. The third kappa shape index (κ3) is 4.72. The van der Waals surface area contributed by atoms with Crippen molar-refractivity contribution in [2.45, 2.75) is 38.7 Å². The van der Waals surface area contributed by atoms with Gasteiger partial charge >= 0.3 is 5.97 Å². The summed E-state index contributed by atoms with van der Waals surface area (Å²) in [5.41, 5.74) is 0.414. The molecule has 24 heavy (non-hydrogen) atoms. The smallest absolute Gasteiger partial charge is 0.342 e. The van der Waals surface area contributed by atoms with E-state index in [0.717, 1.165) is 12.8 Å². The standard InChI is InChI=1S/C19H22O5/c1-13-8-6-4-3-5-7-9-15(20)10-14-11-16(23-2)12-17(21)18(14)19(22)24-13/h4,6-7,9,11-13,21H,3,5,8,10H2,1-2H3/b6-4+,9-7+/t13-/m1/s1. The zero-order valence-corrected chi connectivity index (χ0v) is 14.0. The van der Waals surface area contributed by atoms with E-state index in [1.54, 1.807) is 13.0 Å². The van der Waals surface area contributed by atoms with Crippen LogP contribution in [0.25, 0.3) is 0 Å². The molecule has 0 spiro atoms. The zero-order valence-electron chi connectivity index (χ0n) is 14.0. The number of ketones is 1. The molecule has 1 aromatic carbocycles. The van der Waals surface area contributed by atoms with E-state index < -0.39 is 5.97 Å². The van der Waals surface area contributed by atoms with Crippen molar-refractivity contribution in [1.82, 2.24) is 0 Å². The van der Waals surface area contributed by atoms with E-state index in [9.17, 15) is 14.7 Å². The lowest BCUT2D eigenvalue weighted by Crippen LogP contribution is -2.17. The van der Waals surface area contributed by atoms with Gasteiger partial charge in [-0.3, -0.25) is 4.79 Å². The van der Waals surface area contributed by atoms with E-state index >= 15 is 0 Å². The fourth-order valence-corrected chi connectivity index (χ4v) is 2.50. The Morgan fingerprint density at radius 2 is 1.92 bits per heavy atom. The highest BCUT2D eigenvalue weighted by Crippen LogP contribution is 2.29. The van der Waals surface area contributed by atoms with Crippen molar-refractivity contribution >= 4 is 11.8 Å². The molecule has 1 heterocycles. The molecule has 0 unspecified atom stereocenters. The van der Waals surface area contributed by atoms with Crippen molar-refractivity contribution in [3.63, 3.8) is 0 Å². The Labute approximate surface area is 141 Å². The van der Waals surface area contributed by atoms with Crippen LogP contribution >= 0.6 is 0 Å². The van der Waals surface area contributed by atoms with Gasteiger partial charge in [0.15, 0.2) is 5.78 Å². The number of fused-ring (bicyclic) bond motifs is 1. The molecule has 0 aliphatic carbocycles. The molecule has 5 nitrogen and oxygen atoms in total. The number of phenolic OH excluding ortho intramolecular Hbond substituents is 1. The molecule has 2 rings (SSSR count). The van der Waals surface area contributed by atoms with Gasteiger partial charge < -0.3 is 14.6 Å². The minimum atomic E-state index is -0.639. The summed E-state index contributed by atoms with van der Waals surface area (Å²) in [6.07, 6.45) is 9.15. The van der Waals surface area contributed by atoms with Crippen molar-refractivity contribution in [1.29, 1.82) is 0 Å². The molecule has 1 atom stereocenters. The zero-order chi connectivity index (χ0) is 17.5. The van der Waals surface area contributed by atoms with Crippen LogP contribution in [0.3, 0.4) is 0 Å². The predicted octanol–water partition coefficient (Wildman–Crippen LogP) is 3.35. The number of carbonyl (C=O) groups is 2. The minimum Gasteiger partial charge on any atom is -0.507 e. The maximum absolute atomic E-state index is 12.4. The number of ether oxygens (including phenoxy) is 2. The van der Waals surface area contributed by atoms with Crippen LogP contribution in [0.1, 0.15) is 42.1 Å². The van der Waals surface area contributed by atoms with Crippen molar-refractivity contribution in [2.24, 2.45) is 0 Å². The average Bonchev–Trinajstić information content (AvgIpc) is 2.52. The Balaban J connectivity index is 2.42. The number of methoxy groups -OCH3 is 1. The number of hydrogen-bond acceptors (Lipinski definition) is 5. The highest BCUT2D eigenvalue weighted by atomic mass is 16.5. The highest BCUT2D eigenvalue weighted by Gasteiger charge is 2.22. The summed E-state index contributed by atoms with van der Waals surface area (Å²) in [5, 5.41) is 10.2. The van der Waals surface area contributed by atoms with Gasteiger partial charge in [0.05, 0.1) is 7.11 Å². The molecule has 0 amide bonds. The largest absolute Gasteiger partial charge is 0.507 e. The lowest BCUT2D eigenvalue weighted by molar-refractivity contribution is -0.114. The molecule has 1 aliphatic heterocycles. The molecule has 0 radical (unpaired) electrons. The number of aromatic hydroxyl groups is 1. The van der Waals surface area contributed by atoms with Crippen LogP contribution in [0.5, 0.6) is 11.5 Å². The van der Waals surface area contributed by atoms with E-state index in [0.29, 0.717) is 17.7 Å². The lowest BCUT2D eigenvalue weighted by Gasteiger charge is -2.16. The monoisotopic (exact) mass is 330 g/mol. The number of allylic oxidation sites excluding steroid dienone is 3. The van der Waals surface area contributed by atoms with Crippen LogP contribution in [-0.2, 0) is 16.0 Å². The summed E-state index contributed by atoms with van der Waals surface area (Å²) in [6, 6.07) is 2.92. The van der Waals surface area contributed by atoms with Gasteiger partial charge in [0.2, 0.25) is 0 Å². The quantitative estimate of drug-likeness (QED) is 0.631. The van der Waals surface area contributed by atoms with Gasteiger partial charge in [-0.1, -0.05) is 18.2 Å². The fraction of sp³-hybridized carbons (Fsp3) is 0.368. The van der Waals surface area contributed by atoms with Crippen LogP contribution in [-0.4, -0.2) is 30.1 Å². The van der Waals surface area contributed by atoms with E-state index in [1.165, 1.54) is 19.3 Å². The molecule has 0 saturated heterocycles. The van der Waals surface area contributed by atoms with Crippen LogP contribution in [0, 0.1) is 0 Å². The average molecular weight is 330 g/mol. The normalized spacial score (nSPS) is 22.0. The fourth-order valence-electron chi connectivity index (χ4n) is 2.50. The molecule has 5 heteroatoms. The van der Waals surface area contributed by atoms with Crippen LogP contribution in [0.2, 0.25) is 0 Å². The number of rotatable bonds is 1. The van der Waals surface area contributed by atoms with Gasteiger partial charge in [-0.05, 0) is 37.5 Å². The van der Waals surface area contributed by atoms with Crippen molar-refractivity contribution in [3.8, 4) is 11.5 Å². The highest BCUT2D eigenvalue weighted by molar-refractivity contribution is 5.98. The summed E-state index contributed by atoms with van der Waals surface area (Å²) in [5.74, 6) is -0.653. The van der Waals surface area contributed by atoms with Gasteiger partial charge in [-0.2, -0.15) is 0 Å². The Morgan fingerprint density at radius 3 is 2.67 bits per heavy atom. The van der Waals surface area contributed by atoms with E-state index in [-0.39, 0.29) is 29.6 Å². The second-order valence-corrected chi connectivity index (χ2v) is 5.73. The molecule has 128 valence electrons. The maximum atomic E-state index is 12.4. The van der Waals surface area contributed by atoms with Gasteiger partial charge in [0, 0.05) is 18.9 Å². The first kappa shape index (κ1) is 17.8. The second kappa shape index (κ2) is 8.34. The molecule has 1 aromatic rings. The van der Waals surface area contributed by atoms with Gasteiger partial charge in [0.1, 0.15) is 23.2 Å². The Hall–Kier alpha value is -2.56. The van der Waals surface area contributed by atoms with E-state index in [2.05, 4.69) is 0 Å². The van der Waals surface area contributed by atoms with Crippen molar-refractivity contribution < 1.29 is 24.2 Å². The number of benzene rings is 1. The molecule has 0 bridgehead atoms. The molecular weight excluding hydrogens is 308 g/mol. The number of carbonyl (C=O) groups excluding carboxylic acids is 2. The van der Waals surface area contributed by atoms with Crippen LogP contribution < -0.4 is 4.74 Å². The van der Waals surface area contributed by atoms with Gasteiger partial charge in [-0.15, -0.1) is 0 Å². The minimum absolute atomic E-state index is 0.00405. The van der Waals surface area contributed by atoms with Crippen molar-refractivity contribution in [2.75, 3.05) is 7.11 Å². The van der Waals surface area contributed by atoms with Gasteiger partial charge in [0.25, 0.3) is 0 Å². The third-order valence-corrected chi connectivity index (χ3v) is 3.72. The molecule has 1 aliphatic rings. The van der Waals surface area contributed by atoms with Crippen molar-refractivity contribution in [3.05, 3.63) is 47.6 Å². The van der Waals surface area contributed by atoms with Crippen LogP contribution in [0.4, 0.5) is 0 Å². The Bertz CT molecular complexity index is 673. The molecule has 0 aromatic heterocycles. The second-order valence-electron chi connectivity index (χ2n) is 5.73. The first-order valence-electron chi connectivity index (χ1n) is 7.96. The van der Waals surface area contributed by atoms with E-state index in [4.69, 9.17) is 9.47 Å². The number of cyclic esters (lactones) is 1. The number of phenols is 1. The molecule has 0 fully saturated rings. The first-order valence-corrected chi connectivity index (χ1v) is 7.96. The summed E-state index contributed by atoms with van der Waals surface area (Å²) in [6.45, 7) is 1.79. The molecule has 1 N–H and O–H groups in total. The lowest BCUT2D eigenvalue weighted by atomic mass is 10.00.